The number of halogens is 1. The van der Waals surface area contributed by atoms with E-state index in [-0.39, 0.29) is 5.96 Å². The fraction of sp³-hybridized carbons (Fsp3) is 0.222. The maximum absolute atomic E-state index is 6.99. The van der Waals surface area contributed by atoms with Crippen LogP contribution in [0.15, 0.2) is 22.7 Å². The fourth-order valence-corrected chi connectivity index (χ4v) is 1.37. The van der Waals surface area contributed by atoms with Crippen LogP contribution >= 0.6 is 15.9 Å². The molecule has 0 aromatic heterocycles. The van der Waals surface area contributed by atoms with E-state index in [4.69, 9.17) is 11.1 Å². The van der Waals surface area contributed by atoms with E-state index in [1.165, 1.54) is 5.56 Å². The van der Waals surface area contributed by atoms with Gasteiger partial charge in [0.2, 0.25) is 0 Å². The largest absolute Gasteiger partial charge is 0.370 e. The molecule has 13 heavy (non-hydrogen) atoms. The molecule has 0 saturated heterocycles. The molecule has 0 heterocycles. The number of guanidine groups is 1. The zero-order valence-electron chi connectivity index (χ0n) is 7.39. The van der Waals surface area contributed by atoms with Crippen LogP contribution in [0.4, 0.5) is 0 Å². The van der Waals surface area contributed by atoms with Crippen molar-refractivity contribution in [3.8, 4) is 0 Å². The maximum Gasteiger partial charge on any atom is 0.185 e. The molecular weight excluding hydrogens is 230 g/mol. The average molecular weight is 242 g/mol. The van der Waals surface area contributed by atoms with Gasteiger partial charge >= 0.3 is 0 Å². The minimum Gasteiger partial charge on any atom is -0.370 e. The van der Waals surface area contributed by atoms with Crippen LogP contribution in [0.2, 0.25) is 0 Å². The lowest BCUT2D eigenvalue weighted by Gasteiger charge is -2.05. The van der Waals surface area contributed by atoms with Gasteiger partial charge in [0.1, 0.15) is 0 Å². The smallest absolute Gasteiger partial charge is 0.185 e. The number of nitrogens with one attached hydrogen (secondary N) is 2. The predicted molar refractivity (Wildman–Crippen MR) is 57.6 cm³/mol. The van der Waals surface area contributed by atoms with E-state index < -0.39 is 0 Å². The fourth-order valence-electron chi connectivity index (χ4n) is 0.944. The summed E-state index contributed by atoms with van der Waals surface area (Å²) in [5, 5.41) is 9.74. The summed E-state index contributed by atoms with van der Waals surface area (Å²) in [7, 11) is 0. The van der Waals surface area contributed by atoms with Gasteiger partial charge in [-0.25, -0.2) is 0 Å². The van der Waals surface area contributed by atoms with Crippen molar-refractivity contribution in [3.05, 3.63) is 33.8 Å². The molecule has 0 saturated carbocycles. The molecule has 0 spiro atoms. The summed E-state index contributed by atoms with van der Waals surface area (Å²) in [5.74, 6) is -0.00306. The minimum absolute atomic E-state index is 0.00306. The van der Waals surface area contributed by atoms with Crippen LogP contribution < -0.4 is 11.1 Å². The lowest BCUT2D eigenvalue weighted by molar-refractivity contribution is 0.895. The molecule has 0 amide bonds. The number of rotatable bonds is 2. The second kappa shape index (κ2) is 4.28. The lowest BCUT2D eigenvalue weighted by Crippen LogP contribution is -2.29. The van der Waals surface area contributed by atoms with Crippen molar-refractivity contribution in [1.29, 1.82) is 5.41 Å². The Morgan fingerprint density at radius 3 is 2.85 bits per heavy atom. The zero-order valence-corrected chi connectivity index (χ0v) is 8.98. The summed E-state index contributed by atoms with van der Waals surface area (Å²) in [6, 6.07) is 6.06. The summed E-state index contributed by atoms with van der Waals surface area (Å²) in [5.41, 5.74) is 7.47. The van der Waals surface area contributed by atoms with E-state index in [1.807, 2.05) is 25.1 Å². The van der Waals surface area contributed by atoms with Crippen LogP contribution in [0.25, 0.3) is 0 Å². The van der Waals surface area contributed by atoms with Gasteiger partial charge in [0.05, 0.1) is 0 Å². The van der Waals surface area contributed by atoms with Gasteiger partial charge in [-0.15, -0.1) is 0 Å². The van der Waals surface area contributed by atoms with Crippen LogP contribution in [0.5, 0.6) is 0 Å². The molecule has 0 aliphatic carbocycles. The maximum atomic E-state index is 6.99. The zero-order chi connectivity index (χ0) is 9.84. The van der Waals surface area contributed by atoms with Crippen molar-refractivity contribution in [3.63, 3.8) is 0 Å². The van der Waals surface area contributed by atoms with Crippen LogP contribution in [0.3, 0.4) is 0 Å². The highest BCUT2D eigenvalue weighted by Crippen LogP contribution is 2.17. The van der Waals surface area contributed by atoms with Crippen molar-refractivity contribution in [1.82, 2.24) is 5.32 Å². The molecule has 1 aromatic rings. The first kappa shape index (κ1) is 10.1. The van der Waals surface area contributed by atoms with Crippen molar-refractivity contribution < 1.29 is 0 Å². The highest BCUT2D eigenvalue weighted by atomic mass is 79.9. The number of aryl methyl sites for hydroxylation is 1. The summed E-state index contributed by atoms with van der Waals surface area (Å²) in [6.07, 6.45) is 0. The molecule has 0 radical (unpaired) electrons. The van der Waals surface area contributed by atoms with Crippen molar-refractivity contribution in [2.75, 3.05) is 0 Å². The Bertz CT molecular complexity index is 323. The molecule has 4 heteroatoms. The van der Waals surface area contributed by atoms with E-state index in [0.29, 0.717) is 6.54 Å². The Hall–Kier alpha value is -1.03. The van der Waals surface area contributed by atoms with Crippen molar-refractivity contribution >= 4 is 21.9 Å². The van der Waals surface area contributed by atoms with E-state index in [9.17, 15) is 0 Å². The third-order valence-electron chi connectivity index (χ3n) is 1.72. The second-order valence-corrected chi connectivity index (χ2v) is 3.71. The minimum atomic E-state index is -0.00306. The van der Waals surface area contributed by atoms with E-state index in [0.717, 1.165) is 10.0 Å². The van der Waals surface area contributed by atoms with Gasteiger partial charge in [-0.1, -0.05) is 28.1 Å². The molecule has 0 atom stereocenters. The molecule has 0 aliphatic rings. The summed E-state index contributed by atoms with van der Waals surface area (Å²) < 4.78 is 1.08. The van der Waals surface area contributed by atoms with Crippen LogP contribution in [-0.2, 0) is 6.54 Å². The molecule has 1 aromatic carbocycles. The highest BCUT2D eigenvalue weighted by molar-refractivity contribution is 9.10. The first-order valence-electron chi connectivity index (χ1n) is 3.92. The molecule has 0 bridgehead atoms. The Balaban J connectivity index is 2.68. The molecule has 0 fully saturated rings. The SMILES string of the molecule is Cc1ccc(CNC(=N)N)cc1Br. The van der Waals surface area contributed by atoms with Crippen molar-refractivity contribution in [2.45, 2.75) is 13.5 Å². The Kier molecular flexibility index (Phi) is 3.31. The quantitative estimate of drug-likeness (QED) is 0.546. The second-order valence-electron chi connectivity index (χ2n) is 2.85. The van der Waals surface area contributed by atoms with Crippen LogP contribution in [0.1, 0.15) is 11.1 Å². The highest BCUT2D eigenvalue weighted by Gasteiger charge is 1.97. The van der Waals surface area contributed by atoms with Gasteiger partial charge in [0, 0.05) is 11.0 Å². The third-order valence-corrected chi connectivity index (χ3v) is 2.57. The first-order valence-corrected chi connectivity index (χ1v) is 4.72. The van der Waals surface area contributed by atoms with Gasteiger partial charge in [0.25, 0.3) is 0 Å². The molecule has 0 aliphatic heterocycles. The number of hydrogen-bond donors (Lipinski definition) is 3. The predicted octanol–water partition coefficient (Wildman–Crippen LogP) is 1.74. The van der Waals surface area contributed by atoms with E-state index in [2.05, 4.69) is 21.2 Å². The van der Waals surface area contributed by atoms with Crippen LogP contribution in [-0.4, -0.2) is 5.96 Å². The number of hydrogen-bond acceptors (Lipinski definition) is 1. The molecule has 1 rings (SSSR count). The van der Waals surface area contributed by atoms with E-state index >= 15 is 0 Å². The summed E-state index contributed by atoms with van der Waals surface area (Å²) in [4.78, 5) is 0. The van der Waals surface area contributed by atoms with Gasteiger partial charge < -0.3 is 11.1 Å². The van der Waals surface area contributed by atoms with Gasteiger partial charge in [-0.05, 0) is 24.1 Å². The Morgan fingerprint density at radius 1 is 1.62 bits per heavy atom. The van der Waals surface area contributed by atoms with Gasteiger partial charge in [0.15, 0.2) is 5.96 Å². The Labute approximate surface area is 86.0 Å². The number of nitrogens with two attached hydrogens (primary N) is 1. The Morgan fingerprint density at radius 2 is 2.31 bits per heavy atom. The molecule has 0 unspecified atom stereocenters. The topological polar surface area (TPSA) is 61.9 Å². The third kappa shape index (κ3) is 3.06. The van der Waals surface area contributed by atoms with Crippen molar-refractivity contribution in [2.24, 2.45) is 5.73 Å². The average Bonchev–Trinajstić information content (AvgIpc) is 2.07. The standard InChI is InChI=1S/C9H12BrN3/c1-6-2-3-7(4-8(6)10)5-13-9(11)12/h2-4H,5H2,1H3,(H4,11,12,13). The van der Waals surface area contributed by atoms with E-state index in [1.54, 1.807) is 0 Å². The normalized spacial score (nSPS) is 9.69. The summed E-state index contributed by atoms with van der Waals surface area (Å²) in [6.45, 7) is 2.63. The molecule has 3 nitrogen and oxygen atoms in total. The monoisotopic (exact) mass is 241 g/mol. The molecule has 70 valence electrons. The van der Waals surface area contributed by atoms with Gasteiger partial charge in [-0.2, -0.15) is 0 Å². The van der Waals surface area contributed by atoms with Gasteiger partial charge in [-0.3, -0.25) is 5.41 Å². The summed E-state index contributed by atoms with van der Waals surface area (Å²) >= 11 is 3.44. The molecule has 4 N–H and O–H groups in total. The molecular formula is C9H12BrN3. The lowest BCUT2D eigenvalue weighted by atomic mass is 10.1. The number of benzene rings is 1. The van der Waals surface area contributed by atoms with Crippen LogP contribution in [0, 0.1) is 12.3 Å². The first-order chi connectivity index (χ1) is 6.09.